The van der Waals surface area contributed by atoms with Crippen LogP contribution in [0.1, 0.15) is 28.4 Å². The molecule has 32 heavy (non-hydrogen) atoms. The summed E-state index contributed by atoms with van der Waals surface area (Å²) in [7, 11) is -3.76. The van der Waals surface area contributed by atoms with E-state index in [0.29, 0.717) is 5.69 Å². The number of hydrogen-bond donors (Lipinski definition) is 1. The van der Waals surface area contributed by atoms with E-state index in [1.54, 1.807) is 22.8 Å². The maximum absolute atomic E-state index is 12.8. The summed E-state index contributed by atoms with van der Waals surface area (Å²) in [5, 5.41) is 16.0. The molecule has 0 bridgehead atoms. The summed E-state index contributed by atoms with van der Waals surface area (Å²) in [6.45, 7) is 2.10. The number of aryl methyl sites for hydroxylation is 1. The van der Waals surface area contributed by atoms with Crippen molar-refractivity contribution in [2.24, 2.45) is 0 Å². The van der Waals surface area contributed by atoms with Gasteiger partial charge in [-0.3, -0.25) is 4.79 Å². The van der Waals surface area contributed by atoms with Gasteiger partial charge in [-0.2, -0.15) is 10.4 Å². The minimum atomic E-state index is -3.76. The molecule has 0 atom stereocenters. The van der Waals surface area contributed by atoms with Gasteiger partial charge < -0.3 is 5.32 Å². The molecule has 3 aromatic heterocycles. The first-order chi connectivity index (χ1) is 15.3. The number of nitrogens with zero attached hydrogens (tertiary/aromatic N) is 4. The molecule has 4 rings (SSSR count). The lowest BCUT2D eigenvalue weighted by Crippen LogP contribution is -2.17. The number of carbonyl (C=O) groups is 1. The normalized spacial score (nSPS) is 11.3. The molecule has 0 saturated carbocycles. The summed E-state index contributed by atoms with van der Waals surface area (Å²) in [6.07, 6.45) is 4.75. The highest BCUT2D eigenvalue weighted by Crippen LogP contribution is 2.23. The predicted molar refractivity (Wildman–Crippen MR) is 120 cm³/mol. The van der Waals surface area contributed by atoms with Gasteiger partial charge in [0.05, 0.1) is 22.3 Å². The average molecular weight is 446 g/mol. The molecule has 1 N–H and O–H groups in total. The molecule has 4 aromatic rings. The largest absolute Gasteiger partial charge is 0.322 e. The van der Waals surface area contributed by atoms with E-state index in [-0.39, 0.29) is 16.2 Å². The van der Waals surface area contributed by atoms with Crippen LogP contribution < -0.4 is 5.32 Å². The number of benzene rings is 1. The second kappa shape index (κ2) is 8.24. The van der Waals surface area contributed by atoms with Crippen molar-refractivity contribution in [3.63, 3.8) is 0 Å². The van der Waals surface area contributed by atoms with E-state index in [1.165, 1.54) is 11.6 Å². The molecule has 0 saturated heterocycles. The van der Waals surface area contributed by atoms with Gasteiger partial charge in [-0.05, 0) is 36.2 Å². The summed E-state index contributed by atoms with van der Waals surface area (Å²) in [5.74, 6) is -0.672. The lowest BCUT2D eigenvalue weighted by Gasteiger charge is -2.09. The quantitative estimate of drug-likeness (QED) is 0.503. The molecular weight excluding hydrogens is 426 g/mol. The molecule has 0 radical (unpaired) electrons. The number of nitrogens with one attached hydrogen (secondary N) is 1. The Labute approximate surface area is 185 Å². The molecule has 0 fully saturated rings. The van der Waals surface area contributed by atoms with Crippen LogP contribution in [0.5, 0.6) is 0 Å². The van der Waals surface area contributed by atoms with Crippen LogP contribution in [0.3, 0.4) is 0 Å². The molecule has 0 unspecified atom stereocenters. The molecule has 3 heterocycles. The Bertz CT molecular complexity index is 1480. The summed E-state index contributed by atoms with van der Waals surface area (Å²) in [6, 6.07) is 16.5. The summed E-state index contributed by atoms with van der Waals surface area (Å²) < 4.78 is 25.7. The number of carbonyl (C=O) groups excluding carboxylic acids is 1. The van der Waals surface area contributed by atoms with E-state index < -0.39 is 15.7 Å². The molecule has 9 heteroatoms. The number of sulfone groups is 1. The topological polar surface area (TPSA) is 117 Å². The molecule has 0 aliphatic carbocycles. The third kappa shape index (κ3) is 4.22. The molecule has 0 aliphatic heterocycles. The van der Waals surface area contributed by atoms with Crippen LogP contribution in [0, 0.1) is 11.3 Å². The number of anilines is 1. The van der Waals surface area contributed by atoms with Crippen LogP contribution in [0.4, 0.5) is 5.69 Å². The van der Waals surface area contributed by atoms with E-state index in [0.717, 1.165) is 35.6 Å². The maximum Gasteiger partial charge on any atom is 0.258 e. The Hall–Kier alpha value is -4.03. The summed E-state index contributed by atoms with van der Waals surface area (Å²) in [5.41, 5.74) is 4.13. The molecule has 160 valence electrons. The van der Waals surface area contributed by atoms with Gasteiger partial charge in [-0.25, -0.2) is 17.9 Å². The smallest absolute Gasteiger partial charge is 0.258 e. The van der Waals surface area contributed by atoms with Gasteiger partial charge in [0.2, 0.25) is 0 Å². The van der Waals surface area contributed by atoms with E-state index in [2.05, 4.69) is 34.5 Å². The first-order valence-electron chi connectivity index (χ1n) is 9.79. The van der Waals surface area contributed by atoms with Gasteiger partial charge in [-0.1, -0.05) is 31.2 Å². The predicted octanol–water partition coefficient (Wildman–Crippen LogP) is 3.49. The van der Waals surface area contributed by atoms with E-state index in [1.807, 2.05) is 24.3 Å². The Balaban J connectivity index is 1.65. The first-order valence-corrected chi connectivity index (χ1v) is 11.7. The van der Waals surface area contributed by atoms with Crippen molar-refractivity contribution < 1.29 is 13.2 Å². The second-order valence-corrected chi connectivity index (χ2v) is 9.21. The van der Waals surface area contributed by atoms with Gasteiger partial charge >= 0.3 is 0 Å². The standard InChI is InChI=1S/C23H19N5O3S/c1-3-15-4-6-17(7-5-15)21-12-19-11-18(8-9-28(19)27-21)26-22(29)20-10-16(13-24)14-25-23(20)32(2,30)31/h4-12,14H,3H2,1-2H3,(H,26,29). The average Bonchev–Trinajstić information content (AvgIpc) is 3.21. The minimum Gasteiger partial charge on any atom is -0.322 e. The maximum atomic E-state index is 12.8. The SMILES string of the molecule is CCc1ccc(-c2cc3cc(NC(=O)c4cc(C#N)cnc4S(C)(=O)=O)ccn3n2)cc1. The number of nitriles is 1. The number of pyridine rings is 2. The number of fused-ring (bicyclic) bond motifs is 1. The van der Waals surface area contributed by atoms with Gasteiger partial charge in [0, 0.05) is 29.9 Å². The Morgan fingerprint density at radius 2 is 1.91 bits per heavy atom. The highest BCUT2D eigenvalue weighted by atomic mass is 32.2. The minimum absolute atomic E-state index is 0.0903. The third-order valence-corrected chi connectivity index (χ3v) is 5.98. The highest BCUT2D eigenvalue weighted by Gasteiger charge is 2.21. The van der Waals surface area contributed by atoms with Crippen LogP contribution >= 0.6 is 0 Å². The van der Waals surface area contributed by atoms with E-state index >= 15 is 0 Å². The van der Waals surface area contributed by atoms with Crippen LogP contribution in [0.25, 0.3) is 16.8 Å². The number of amides is 1. The van der Waals surface area contributed by atoms with Crippen molar-refractivity contribution in [3.05, 3.63) is 77.6 Å². The zero-order valence-electron chi connectivity index (χ0n) is 17.4. The lowest BCUT2D eigenvalue weighted by atomic mass is 10.1. The summed E-state index contributed by atoms with van der Waals surface area (Å²) >= 11 is 0. The summed E-state index contributed by atoms with van der Waals surface area (Å²) in [4.78, 5) is 16.6. The third-order valence-electron chi connectivity index (χ3n) is 4.96. The van der Waals surface area contributed by atoms with Crippen molar-refractivity contribution in [2.45, 2.75) is 18.4 Å². The van der Waals surface area contributed by atoms with Crippen molar-refractivity contribution in [2.75, 3.05) is 11.6 Å². The zero-order valence-corrected chi connectivity index (χ0v) is 18.2. The van der Waals surface area contributed by atoms with Gasteiger partial charge in [0.15, 0.2) is 14.9 Å². The number of aromatic nitrogens is 3. The van der Waals surface area contributed by atoms with Gasteiger partial charge in [-0.15, -0.1) is 0 Å². The van der Waals surface area contributed by atoms with Crippen molar-refractivity contribution >= 4 is 26.9 Å². The second-order valence-electron chi connectivity index (χ2n) is 7.28. The molecule has 0 aliphatic rings. The van der Waals surface area contributed by atoms with Crippen LogP contribution in [-0.4, -0.2) is 35.2 Å². The molecular formula is C23H19N5O3S. The Morgan fingerprint density at radius 1 is 1.16 bits per heavy atom. The monoisotopic (exact) mass is 445 g/mol. The first kappa shape index (κ1) is 21.2. The van der Waals surface area contributed by atoms with Crippen LogP contribution in [-0.2, 0) is 16.3 Å². The fraction of sp³-hybridized carbons (Fsp3) is 0.130. The Morgan fingerprint density at radius 3 is 2.56 bits per heavy atom. The van der Waals surface area contributed by atoms with Crippen molar-refractivity contribution in [3.8, 4) is 17.3 Å². The van der Waals surface area contributed by atoms with Crippen molar-refractivity contribution in [1.29, 1.82) is 5.26 Å². The van der Waals surface area contributed by atoms with E-state index in [4.69, 9.17) is 5.26 Å². The molecule has 1 aromatic carbocycles. The number of rotatable bonds is 5. The zero-order chi connectivity index (χ0) is 22.9. The molecule has 1 amide bonds. The van der Waals surface area contributed by atoms with Gasteiger partial charge in [0.25, 0.3) is 5.91 Å². The Kier molecular flexibility index (Phi) is 5.47. The highest BCUT2D eigenvalue weighted by molar-refractivity contribution is 7.90. The lowest BCUT2D eigenvalue weighted by molar-refractivity contribution is 0.102. The number of hydrogen-bond acceptors (Lipinski definition) is 6. The van der Waals surface area contributed by atoms with E-state index in [9.17, 15) is 13.2 Å². The molecule has 0 spiro atoms. The van der Waals surface area contributed by atoms with Crippen LogP contribution in [0.15, 0.2) is 66.0 Å². The fourth-order valence-corrected chi connectivity index (χ4v) is 4.09. The van der Waals surface area contributed by atoms with Gasteiger partial charge in [0.1, 0.15) is 6.07 Å². The van der Waals surface area contributed by atoms with Crippen LogP contribution in [0.2, 0.25) is 0 Å². The molecule has 8 nitrogen and oxygen atoms in total. The fourth-order valence-electron chi connectivity index (χ4n) is 3.29. The van der Waals surface area contributed by atoms with Crippen molar-refractivity contribution in [1.82, 2.24) is 14.6 Å².